The minimum atomic E-state index is -0.613. The van der Waals surface area contributed by atoms with Gasteiger partial charge in [-0.15, -0.1) is 0 Å². The van der Waals surface area contributed by atoms with E-state index in [-0.39, 0.29) is 11.8 Å². The van der Waals surface area contributed by atoms with E-state index in [2.05, 4.69) is 0 Å². The van der Waals surface area contributed by atoms with E-state index in [0.717, 1.165) is 0 Å². The highest BCUT2D eigenvalue weighted by Crippen LogP contribution is 2.33. The van der Waals surface area contributed by atoms with Crippen molar-refractivity contribution in [3.63, 3.8) is 0 Å². The van der Waals surface area contributed by atoms with Crippen molar-refractivity contribution in [1.82, 2.24) is 9.80 Å². The van der Waals surface area contributed by atoms with Gasteiger partial charge in [-0.3, -0.25) is 19.4 Å². The fourth-order valence-corrected chi connectivity index (χ4v) is 3.51. The van der Waals surface area contributed by atoms with Crippen molar-refractivity contribution in [1.29, 1.82) is 0 Å². The number of amides is 3. The Morgan fingerprint density at radius 3 is 2.23 bits per heavy atom. The maximum Gasteiger partial charge on any atom is 0.414 e. The first-order valence-electron chi connectivity index (χ1n) is 8.88. The lowest BCUT2D eigenvalue weighted by Gasteiger charge is -2.39. The number of imide groups is 1. The maximum absolute atomic E-state index is 12.8. The number of carbonyl (C=O) groups excluding carboxylic acids is 3. The Morgan fingerprint density at radius 2 is 1.73 bits per heavy atom. The third-order valence-electron chi connectivity index (χ3n) is 4.56. The van der Waals surface area contributed by atoms with Crippen molar-refractivity contribution >= 4 is 17.9 Å². The zero-order chi connectivity index (χ0) is 19.1. The molecule has 2 aliphatic heterocycles. The molecule has 0 radical (unpaired) electrons. The molecule has 1 aromatic rings. The standard InChI is InChI=1S/C20H24N2O4/c1-5-15-16(11-8-12-21(15)19(25)26-20(2,3)4)22-17(23)13-9-6-7-10-14(13)18(22)24/h5-7,9-10,16H,8,11-12H2,1-4H3. The number of carbonyl (C=O) groups is 3. The van der Waals surface area contributed by atoms with E-state index in [1.54, 1.807) is 35.2 Å². The molecular weight excluding hydrogens is 332 g/mol. The molecule has 3 amide bonds. The van der Waals surface area contributed by atoms with Gasteiger partial charge in [0.25, 0.3) is 11.8 Å². The van der Waals surface area contributed by atoms with E-state index in [1.807, 2.05) is 27.7 Å². The van der Waals surface area contributed by atoms with Gasteiger partial charge in [0.1, 0.15) is 5.60 Å². The summed E-state index contributed by atoms with van der Waals surface area (Å²) < 4.78 is 5.49. The van der Waals surface area contributed by atoms with E-state index in [9.17, 15) is 14.4 Å². The normalized spacial score (nSPS) is 22.0. The number of hydrogen-bond acceptors (Lipinski definition) is 4. The van der Waals surface area contributed by atoms with Gasteiger partial charge in [0, 0.05) is 12.2 Å². The second kappa shape index (κ2) is 6.59. The fourth-order valence-electron chi connectivity index (χ4n) is 3.51. The van der Waals surface area contributed by atoms with E-state index in [4.69, 9.17) is 4.74 Å². The topological polar surface area (TPSA) is 66.9 Å². The molecule has 1 atom stereocenters. The van der Waals surface area contributed by atoms with Crippen LogP contribution in [0.5, 0.6) is 0 Å². The summed E-state index contributed by atoms with van der Waals surface area (Å²) in [6, 6.07) is 6.36. The van der Waals surface area contributed by atoms with Crippen molar-refractivity contribution in [2.24, 2.45) is 0 Å². The lowest BCUT2D eigenvalue weighted by molar-refractivity contribution is 0.0218. The quantitative estimate of drug-likeness (QED) is 0.721. The van der Waals surface area contributed by atoms with Crippen LogP contribution in [0.3, 0.4) is 0 Å². The lowest BCUT2D eigenvalue weighted by Crippen LogP contribution is -2.50. The minimum absolute atomic E-state index is 0.305. The van der Waals surface area contributed by atoms with Gasteiger partial charge in [0.2, 0.25) is 0 Å². The first-order chi connectivity index (χ1) is 12.2. The second-order valence-electron chi connectivity index (χ2n) is 7.53. The molecule has 6 nitrogen and oxygen atoms in total. The van der Waals surface area contributed by atoms with Crippen molar-refractivity contribution in [2.45, 2.75) is 52.2 Å². The van der Waals surface area contributed by atoms with E-state index >= 15 is 0 Å². The van der Waals surface area contributed by atoms with Crippen molar-refractivity contribution in [2.75, 3.05) is 6.54 Å². The average Bonchev–Trinajstić information content (AvgIpc) is 2.84. The minimum Gasteiger partial charge on any atom is -0.443 e. The van der Waals surface area contributed by atoms with Crippen LogP contribution in [0.15, 0.2) is 36.0 Å². The number of rotatable bonds is 1. The van der Waals surface area contributed by atoms with E-state index in [0.29, 0.717) is 36.2 Å². The van der Waals surface area contributed by atoms with E-state index < -0.39 is 17.7 Å². The number of piperidine rings is 1. The number of allylic oxidation sites excluding steroid dienone is 1. The smallest absolute Gasteiger partial charge is 0.414 e. The number of ether oxygens (including phenoxy) is 1. The predicted molar refractivity (Wildman–Crippen MR) is 96.7 cm³/mol. The first kappa shape index (κ1) is 18.2. The van der Waals surface area contributed by atoms with Crippen molar-refractivity contribution in [3.05, 3.63) is 47.2 Å². The zero-order valence-corrected chi connectivity index (χ0v) is 15.6. The Bertz CT molecular complexity index is 756. The molecule has 0 aliphatic carbocycles. The molecular formula is C20H24N2O4. The Balaban J connectivity index is 1.90. The van der Waals surface area contributed by atoms with Crippen LogP contribution in [0, 0.1) is 0 Å². The number of likely N-dealkylation sites (tertiary alicyclic amines) is 1. The number of fused-ring (bicyclic) bond motifs is 1. The fraction of sp³-hybridized carbons (Fsp3) is 0.450. The third kappa shape index (κ3) is 3.11. The molecule has 0 saturated carbocycles. The Morgan fingerprint density at radius 1 is 1.15 bits per heavy atom. The van der Waals surface area contributed by atoms with Gasteiger partial charge in [-0.25, -0.2) is 4.79 Å². The van der Waals surface area contributed by atoms with Gasteiger partial charge < -0.3 is 4.74 Å². The van der Waals surface area contributed by atoms with Gasteiger partial charge in [-0.2, -0.15) is 0 Å². The van der Waals surface area contributed by atoms with Crippen LogP contribution in [0.25, 0.3) is 0 Å². The van der Waals surface area contributed by atoms with E-state index in [1.165, 1.54) is 4.90 Å². The molecule has 0 bridgehead atoms. The maximum atomic E-state index is 12.8. The monoisotopic (exact) mass is 356 g/mol. The zero-order valence-electron chi connectivity index (χ0n) is 15.6. The summed E-state index contributed by atoms with van der Waals surface area (Å²) in [6.07, 6.45) is 2.66. The van der Waals surface area contributed by atoms with Gasteiger partial charge in [-0.1, -0.05) is 18.2 Å². The summed E-state index contributed by atoms with van der Waals surface area (Å²) in [7, 11) is 0. The SMILES string of the molecule is CC=C1C(N2C(=O)c3ccccc3C2=O)CCCN1C(=O)OC(C)(C)C. The molecule has 26 heavy (non-hydrogen) atoms. The molecule has 2 heterocycles. The van der Waals surface area contributed by atoms with Crippen LogP contribution < -0.4 is 0 Å². The van der Waals surface area contributed by atoms with Crippen LogP contribution in [0.2, 0.25) is 0 Å². The molecule has 0 spiro atoms. The van der Waals surface area contributed by atoms with Crippen LogP contribution in [0.1, 0.15) is 61.3 Å². The number of nitrogens with zero attached hydrogens (tertiary/aromatic N) is 2. The summed E-state index contributed by atoms with van der Waals surface area (Å²) in [6.45, 7) is 7.75. The Labute approximate surface area is 153 Å². The highest BCUT2D eigenvalue weighted by molar-refractivity contribution is 6.21. The van der Waals surface area contributed by atoms with Gasteiger partial charge in [-0.05, 0) is 52.7 Å². The molecule has 1 aromatic carbocycles. The summed E-state index contributed by atoms with van der Waals surface area (Å²) in [4.78, 5) is 41.1. The number of benzene rings is 1. The summed E-state index contributed by atoms with van der Waals surface area (Å²) in [5.41, 5.74) is 0.864. The van der Waals surface area contributed by atoms with Crippen LogP contribution in [-0.4, -0.2) is 45.9 Å². The molecule has 138 valence electrons. The van der Waals surface area contributed by atoms with Crippen LogP contribution in [-0.2, 0) is 4.74 Å². The van der Waals surface area contributed by atoms with Gasteiger partial charge in [0.15, 0.2) is 0 Å². The lowest BCUT2D eigenvalue weighted by atomic mass is 9.99. The third-order valence-corrected chi connectivity index (χ3v) is 4.56. The average molecular weight is 356 g/mol. The molecule has 3 rings (SSSR count). The van der Waals surface area contributed by atoms with Crippen LogP contribution in [0.4, 0.5) is 4.79 Å². The molecule has 1 unspecified atom stereocenters. The molecule has 0 aromatic heterocycles. The van der Waals surface area contributed by atoms with Crippen molar-refractivity contribution in [3.8, 4) is 0 Å². The Kier molecular flexibility index (Phi) is 4.61. The number of hydrogen-bond donors (Lipinski definition) is 0. The highest BCUT2D eigenvalue weighted by Gasteiger charge is 2.44. The molecule has 0 N–H and O–H groups in total. The second-order valence-corrected chi connectivity index (χ2v) is 7.53. The largest absolute Gasteiger partial charge is 0.443 e. The summed E-state index contributed by atoms with van der Waals surface area (Å²) in [5.74, 6) is -0.609. The summed E-state index contributed by atoms with van der Waals surface area (Å²) in [5, 5.41) is 0. The highest BCUT2D eigenvalue weighted by atomic mass is 16.6. The summed E-state index contributed by atoms with van der Waals surface area (Å²) >= 11 is 0. The van der Waals surface area contributed by atoms with Crippen molar-refractivity contribution < 1.29 is 19.1 Å². The van der Waals surface area contributed by atoms with Gasteiger partial charge in [0.05, 0.1) is 17.2 Å². The molecule has 2 aliphatic rings. The van der Waals surface area contributed by atoms with Gasteiger partial charge >= 0.3 is 6.09 Å². The van der Waals surface area contributed by atoms with Crippen LogP contribution >= 0.6 is 0 Å². The first-order valence-corrected chi connectivity index (χ1v) is 8.88. The molecule has 1 saturated heterocycles. The Hall–Kier alpha value is -2.63. The predicted octanol–water partition coefficient (Wildman–Crippen LogP) is 3.59. The molecule has 6 heteroatoms. The molecule has 1 fully saturated rings.